The zero-order chi connectivity index (χ0) is 17.3. The first-order valence-electron chi connectivity index (χ1n) is 9.17. The first-order chi connectivity index (χ1) is 10.5. The zero-order valence-electron chi connectivity index (χ0n) is 15.7. The molecule has 22 heavy (non-hydrogen) atoms. The molecule has 0 saturated heterocycles. The highest BCUT2D eigenvalue weighted by atomic mass is 16.4. The molecule has 0 atom stereocenters. The molecule has 0 saturated carbocycles. The number of hydrogen-bond donors (Lipinski definition) is 0. The Morgan fingerprint density at radius 2 is 1.41 bits per heavy atom. The summed E-state index contributed by atoms with van der Waals surface area (Å²) in [6, 6.07) is 0. The van der Waals surface area contributed by atoms with Crippen molar-refractivity contribution in [2.45, 2.75) is 79.6 Å². The number of carboxylic acids is 1. The molecule has 3 heteroatoms. The molecule has 0 spiro atoms. The van der Waals surface area contributed by atoms with Gasteiger partial charge in [-0.05, 0) is 40.5 Å². The summed E-state index contributed by atoms with van der Waals surface area (Å²) in [5, 5.41) is 9.60. The summed E-state index contributed by atoms with van der Waals surface area (Å²) >= 11 is 0. The Morgan fingerprint density at radius 1 is 0.909 bits per heavy atom. The van der Waals surface area contributed by atoms with Gasteiger partial charge < -0.3 is 14.4 Å². The van der Waals surface area contributed by atoms with E-state index in [1.807, 2.05) is 0 Å². The monoisotopic (exact) mass is 313 g/mol. The van der Waals surface area contributed by atoms with Gasteiger partial charge in [-0.25, -0.2) is 0 Å². The molecule has 0 aromatic rings. The predicted molar refractivity (Wildman–Crippen MR) is 94.6 cm³/mol. The second-order valence-electron chi connectivity index (χ2n) is 5.93. The average Bonchev–Trinajstić information content (AvgIpc) is 2.53. The Morgan fingerprint density at radius 3 is 1.77 bits per heavy atom. The van der Waals surface area contributed by atoms with Gasteiger partial charge >= 0.3 is 0 Å². The molecule has 0 aromatic heterocycles. The number of allylic oxidation sites excluding steroid dienone is 1. The van der Waals surface area contributed by atoms with Crippen LogP contribution in [-0.4, -0.2) is 36.6 Å². The van der Waals surface area contributed by atoms with E-state index >= 15 is 0 Å². The minimum absolute atomic E-state index is 0.0243. The van der Waals surface area contributed by atoms with Gasteiger partial charge in [0.15, 0.2) is 0 Å². The Labute approximate surface area is 139 Å². The Bertz CT molecular complexity index is 262. The molecule has 0 radical (unpaired) electrons. The number of nitrogens with zero attached hydrogens (tertiary/aromatic N) is 1. The Balaban J connectivity index is 0. The van der Waals surface area contributed by atoms with E-state index in [4.69, 9.17) is 0 Å². The van der Waals surface area contributed by atoms with Gasteiger partial charge in [0.1, 0.15) is 0 Å². The van der Waals surface area contributed by atoms with Crippen molar-refractivity contribution in [3.05, 3.63) is 12.2 Å². The van der Waals surface area contributed by atoms with Crippen LogP contribution in [0.1, 0.15) is 79.6 Å². The van der Waals surface area contributed by atoms with Crippen LogP contribution in [0, 0.1) is 0 Å². The number of carbonyl (C=O) groups excluding carboxylic acids is 1. The van der Waals surface area contributed by atoms with Crippen molar-refractivity contribution >= 4 is 5.97 Å². The molecule has 3 nitrogen and oxygen atoms in total. The molecule has 0 bridgehead atoms. The third-order valence-electron chi connectivity index (χ3n) is 4.52. The summed E-state index contributed by atoms with van der Waals surface area (Å²) in [5.41, 5.74) is 0. The van der Waals surface area contributed by atoms with E-state index in [1.165, 1.54) is 75.3 Å². The van der Waals surface area contributed by atoms with E-state index in [0.29, 0.717) is 0 Å². The fraction of sp³-hybridized carbons (Fsp3) is 0.842. The summed E-state index contributed by atoms with van der Waals surface area (Å²) < 4.78 is 1.33. The van der Waals surface area contributed by atoms with Gasteiger partial charge in [0.05, 0.1) is 26.2 Å². The second-order valence-corrected chi connectivity index (χ2v) is 5.93. The average molecular weight is 314 g/mol. The topological polar surface area (TPSA) is 40.1 Å². The molecule has 0 fully saturated rings. The Kier molecular flexibility index (Phi) is 17.6. The maximum atomic E-state index is 9.60. The van der Waals surface area contributed by atoms with Crippen LogP contribution in [0.5, 0.6) is 0 Å². The lowest BCUT2D eigenvalue weighted by Crippen LogP contribution is -2.48. The van der Waals surface area contributed by atoms with Gasteiger partial charge in [0, 0.05) is 12.4 Å². The molecule has 0 amide bonds. The highest BCUT2D eigenvalue weighted by molar-refractivity contribution is 5.66. The molecular weight excluding hydrogens is 274 g/mol. The summed E-state index contributed by atoms with van der Waals surface area (Å²) in [6.45, 7) is 16.4. The molecule has 0 aliphatic rings. The van der Waals surface area contributed by atoms with E-state index in [1.54, 1.807) is 13.0 Å². The minimum Gasteiger partial charge on any atom is -0.550 e. The zero-order valence-corrected chi connectivity index (χ0v) is 15.7. The van der Waals surface area contributed by atoms with Crippen LogP contribution in [0.25, 0.3) is 0 Å². The number of unbranched alkanes of at least 4 members (excludes halogenated alkanes) is 5. The van der Waals surface area contributed by atoms with E-state index < -0.39 is 5.97 Å². The summed E-state index contributed by atoms with van der Waals surface area (Å²) in [6.07, 6.45) is 11.8. The molecule has 0 unspecified atom stereocenters. The lowest BCUT2D eigenvalue weighted by Gasteiger charge is -2.35. The van der Waals surface area contributed by atoms with Crippen molar-refractivity contribution in [2.24, 2.45) is 0 Å². The molecule has 0 rings (SSSR count). The quantitative estimate of drug-likeness (QED) is 0.311. The first kappa shape index (κ1) is 23.4. The summed E-state index contributed by atoms with van der Waals surface area (Å²) in [7, 11) is 0. The van der Waals surface area contributed by atoms with E-state index in [-0.39, 0.29) is 6.42 Å². The molecule has 0 aromatic carbocycles. The minimum atomic E-state index is -1.03. The largest absolute Gasteiger partial charge is 0.550 e. The molecule has 0 aliphatic carbocycles. The van der Waals surface area contributed by atoms with Crippen LogP contribution >= 0.6 is 0 Å². The third-order valence-corrected chi connectivity index (χ3v) is 4.52. The number of aliphatic carboxylic acids is 1. The molecule has 0 N–H and O–H groups in total. The van der Waals surface area contributed by atoms with Crippen molar-refractivity contribution in [3.63, 3.8) is 0 Å². The second kappa shape index (κ2) is 16.5. The maximum absolute atomic E-state index is 9.60. The SMILES string of the molecule is CC=CCC(=O)[O-].CCCCCCCC[N+](CC)(CC)CC. The van der Waals surface area contributed by atoms with E-state index in [2.05, 4.69) is 27.7 Å². The third kappa shape index (κ3) is 14.1. The smallest absolute Gasteiger partial charge is 0.0786 e. The number of carbonyl (C=O) groups is 1. The van der Waals surface area contributed by atoms with Crippen molar-refractivity contribution < 1.29 is 14.4 Å². The highest BCUT2D eigenvalue weighted by Crippen LogP contribution is 2.11. The lowest BCUT2D eigenvalue weighted by molar-refractivity contribution is -0.923. The maximum Gasteiger partial charge on any atom is 0.0786 e. The molecule has 0 heterocycles. The Hall–Kier alpha value is -0.830. The van der Waals surface area contributed by atoms with Gasteiger partial charge in [0.25, 0.3) is 0 Å². The molecule has 132 valence electrons. The van der Waals surface area contributed by atoms with Crippen LogP contribution in [0.15, 0.2) is 12.2 Å². The van der Waals surface area contributed by atoms with Crippen LogP contribution in [-0.2, 0) is 4.79 Å². The van der Waals surface area contributed by atoms with Crippen LogP contribution in [0.3, 0.4) is 0 Å². The van der Waals surface area contributed by atoms with E-state index in [0.717, 1.165) is 0 Å². The summed E-state index contributed by atoms with van der Waals surface area (Å²) in [4.78, 5) is 9.60. The number of hydrogen-bond acceptors (Lipinski definition) is 2. The molecular formula is C19H39NO2. The van der Waals surface area contributed by atoms with Gasteiger partial charge in [-0.15, -0.1) is 0 Å². The standard InChI is InChI=1S/C14H32N.C5H8O2/c1-5-9-10-11-12-13-14-15(6-2,7-3)8-4;1-2-3-4-5(6)7/h5-14H2,1-4H3;2-3H,4H2,1H3,(H,6,7)/q+1;/p-1. The van der Waals surface area contributed by atoms with Crippen molar-refractivity contribution in [2.75, 3.05) is 26.2 Å². The molecule has 0 aliphatic heterocycles. The fourth-order valence-electron chi connectivity index (χ4n) is 2.59. The van der Waals surface area contributed by atoms with Crippen LogP contribution in [0.2, 0.25) is 0 Å². The van der Waals surface area contributed by atoms with Gasteiger partial charge in [-0.1, -0.05) is 44.8 Å². The highest BCUT2D eigenvalue weighted by Gasteiger charge is 2.19. The predicted octanol–water partition coefficient (Wildman–Crippen LogP) is 3.93. The summed E-state index contributed by atoms with van der Waals surface area (Å²) in [5.74, 6) is -1.03. The fourth-order valence-corrected chi connectivity index (χ4v) is 2.59. The van der Waals surface area contributed by atoms with Gasteiger partial charge in [-0.3, -0.25) is 0 Å². The number of carboxylic acid groups (broad SMARTS) is 1. The van der Waals surface area contributed by atoms with Crippen molar-refractivity contribution in [1.82, 2.24) is 0 Å². The lowest BCUT2D eigenvalue weighted by atomic mass is 10.1. The van der Waals surface area contributed by atoms with Crippen molar-refractivity contribution in [3.8, 4) is 0 Å². The van der Waals surface area contributed by atoms with Crippen molar-refractivity contribution in [1.29, 1.82) is 0 Å². The normalized spacial score (nSPS) is 11.3. The van der Waals surface area contributed by atoms with E-state index in [9.17, 15) is 9.90 Å². The van der Waals surface area contributed by atoms with Gasteiger partial charge in [0.2, 0.25) is 0 Å². The number of rotatable bonds is 12. The van der Waals surface area contributed by atoms with Crippen LogP contribution in [0.4, 0.5) is 0 Å². The van der Waals surface area contributed by atoms with Crippen LogP contribution < -0.4 is 5.11 Å². The van der Waals surface area contributed by atoms with Gasteiger partial charge in [-0.2, -0.15) is 0 Å². The first-order valence-corrected chi connectivity index (χ1v) is 9.17. The number of quaternary nitrogens is 1.